The zero-order valence-electron chi connectivity index (χ0n) is 6.43. The molecule has 0 heterocycles. The van der Waals surface area contributed by atoms with E-state index in [1.165, 1.54) is 12.1 Å². The number of phenolic OH excluding ortho intramolecular Hbond substituents is 1. The van der Waals surface area contributed by atoms with Gasteiger partial charge in [-0.3, -0.25) is 0 Å². The van der Waals surface area contributed by atoms with E-state index in [2.05, 4.69) is 10.8 Å². The van der Waals surface area contributed by atoms with Crippen LogP contribution in [0.4, 0.5) is 13.2 Å². The van der Waals surface area contributed by atoms with Crippen molar-refractivity contribution in [1.29, 1.82) is 0 Å². The summed E-state index contributed by atoms with van der Waals surface area (Å²) in [7, 11) is 0. The van der Waals surface area contributed by atoms with Crippen LogP contribution in [0.2, 0.25) is 0 Å². The minimum Gasteiger partial charge on any atom is -0.508 e. The smallest absolute Gasteiger partial charge is 0.422 e. The molecule has 1 aromatic carbocycles. The molecule has 0 aliphatic heterocycles. The lowest BCUT2D eigenvalue weighted by molar-refractivity contribution is -0.153. The third kappa shape index (κ3) is 3.68. The summed E-state index contributed by atoms with van der Waals surface area (Å²) in [6.45, 7) is -1.37. The first kappa shape index (κ1) is 9.70. The summed E-state index contributed by atoms with van der Waals surface area (Å²) in [5.74, 6) is -0.239. The van der Waals surface area contributed by atoms with Crippen LogP contribution in [0.3, 0.4) is 0 Å². The van der Waals surface area contributed by atoms with Crippen LogP contribution in [0.5, 0.6) is 11.5 Å². The Morgan fingerprint density at radius 2 is 2.08 bits per heavy atom. The molecule has 0 amide bonds. The predicted octanol–water partition coefficient (Wildman–Crippen LogP) is 2.13. The average Bonchev–Trinajstić information content (AvgIpc) is 2.00. The van der Waals surface area contributed by atoms with Gasteiger partial charge in [-0.2, -0.15) is 13.2 Å². The van der Waals surface area contributed by atoms with E-state index >= 15 is 0 Å². The van der Waals surface area contributed by atoms with E-state index in [0.29, 0.717) is 0 Å². The topological polar surface area (TPSA) is 29.5 Å². The van der Waals surface area contributed by atoms with Crippen LogP contribution in [0.1, 0.15) is 0 Å². The molecule has 1 rings (SSSR count). The van der Waals surface area contributed by atoms with E-state index in [1.54, 1.807) is 0 Å². The number of rotatable bonds is 2. The van der Waals surface area contributed by atoms with Crippen molar-refractivity contribution in [2.45, 2.75) is 6.18 Å². The summed E-state index contributed by atoms with van der Waals surface area (Å²) < 4.78 is 39.3. The van der Waals surface area contributed by atoms with Crippen molar-refractivity contribution in [3.05, 3.63) is 24.3 Å². The standard InChI is InChI=1S/C8H6F3O2/c9-8(10,11)5-13-7-3-1-2-6(12)4-7/h2-4,12H,5H2. The van der Waals surface area contributed by atoms with Gasteiger partial charge >= 0.3 is 6.18 Å². The van der Waals surface area contributed by atoms with Gasteiger partial charge in [0.25, 0.3) is 0 Å². The maximum absolute atomic E-state index is 11.6. The largest absolute Gasteiger partial charge is 0.508 e. The monoisotopic (exact) mass is 191 g/mol. The maximum Gasteiger partial charge on any atom is 0.422 e. The van der Waals surface area contributed by atoms with E-state index in [9.17, 15) is 13.2 Å². The molecule has 1 N–H and O–H groups in total. The summed E-state index contributed by atoms with van der Waals surface area (Å²) in [5, 5.41) is 8.85. The molecule has 71 valence electrons. The Hall–Kier alpha value is -1.39. The normalized spacial score (nSPS) is 11.3. The Morgan fingerprint density at radius 1 is 1.38 bits per heavy atom. The van der Waals surface area contributed by atoms with Gasteiger partial charge in [0.1, 0.15) is 11.5 Å². The van der Waals surface area contributed by atoms with Gasteiger partial charge in [-0.25, -0.2) is 0 Å². The number of alkyl halides is 3. The fourth-order valence-corrected chi connectivity index (χ4v) is 0.687. The molecule has 1 radical (unpaired) electrons. The lowest BCUT2D eigenvalue weighted by atomic mass is 10.3. The lowest BCUT2D eigenvalue weighted by Gasteiger charge is -2.08. The van der Waals surface area contributed by atoms with Crippen molar-refractivity contribution in [2.75, 3.05) is 6.61 Å². The molecule has 13 heavy (non-hydrogen) atoms. The third-order valence-corrected chi connectivity index (χ3v) is 1.15. The average molecular weight is 191 g/mol. The SMILES string of the molecule is Oc1c[c]cc(OCC(F)(F)F)c1. The molecule has 0 aliphatic rings. The molecular formula is C8H6F3O2. The lowest BCUT2D eigenvalue weighted by Crippen LogP contribution is -2.19. The van der Waals surface area contributed by atoms with Crippen LogP contribution >= 0.6 is 0 Å². The molecule has 0 bridgehead atoms. The molecule has 5 heteroatoms. The van der Waals surface area contributed by atoms with Gasteiger partial charge in [0, 0.05) is 6.07 Å². The van der Waals surface area contributed by atoms with Crippen LogP contribution in [0, 0.1) is 6.07 Å². The van der Waals surface area contributed by atoms with Crippen LogP contribution in [0.25, 0.3) is 0 Å². The van der Waals surface area contributed by atoms with Crippen LogP contribution < -0.4 is 4.74 Å². The first-order chi connectivity index (χ1) is 5.97. The zero-order valence-corrected chi connectivity index (χ0v) is 6.43. The highest BCUT2D eigenvalue weighted by Crippen LogP contribution is 2.21. The molecule has 2 nitrogen and oxygen atoms in total. The highest BCUT2D eigenvalue weighted by molar-refractivity contribution is 5.30. The Balaban J connectivity index is 2.55. The van der Waals surface area contributed by atoms with Crippen LogP contribution in [0.15, 0.2) is 18.2 Å². The van der Waals surface area contributed by atoms with Gasteiger partial charge in [-0.1, -0.05) is 0 Å². The second kappa shape index (κ2) is 3.55. The minimum absolute atomic E-state index is 0.0580. The number of halogens is 3. The summed E-state index contributed by atoms with van der Waals surface area (Å²) in [6, 6.07) is 5.95. The van der Waals surface area contributed by atoms with Crippen LogP contribution in [-0.4, -0.2) is 17.9 Å². The predicted molar refractivity (Wildman–Crippen MR) is 38.5 cm³/mol. The van der Waals surface area contributed by atoms with E-state index in [0.717, 1.165) is 6.07 Å². The first-order valence-electron chi connectivity index (χ1n) is 3.37. The number of hydrogen-bond acceptors (Lipinski definition) is 2. The van der Waals surface area contributed by atoms with Crippen molar-refractivity contribution in [1.82, 2.24) is 0 Å². The quantitative estimate of drug-likeness (QED) is 0.775. The van der Waals surface area contributed by atoms with Gasteiger partial charge in [0.15, 0.2) is 6.61 Å². The Kier molecular flexibility index (Phi) is 2.65. The molecule has 0 aromatic heterocycles. The van der Waals surface area contributed by atoms with Crippen molar-refractivity contribution in [3.63, 3.8) is 0 Å². The van der Waals surface area contributed by atoms with Gasteiger partial charge < -0.3 is 9.84 Å². The molecule has 0 saturated carbocycles. The second-order valence-electron chi connectivity index (χ2n) is 2.33. The summed E-state index contributed by atoms with van der Waals surface area (Å²) >= 11 is 0. The fourth-order valence-electron chi connectivity index (χ4n) is 0.687. The van der Waals surface area contributed by atoms with E-state index in [1.807, 2.05) is 0 Å². The number of hydrogen-bond donors (Lipinski definition) is 1. The number of benzene rings is 1. The molecule has 0 saturated heterocycles. The molecular weight excluding hydrogens is 185 g/mol. The maximum atomic E-state index is 11.6. The van der Waals surface area contributed by atoms with Crippen molar-refractivity contribution < 1.29 is 23.0 Å². The van der Waals surface area contributed by atoms with Gasteiger partial charge in [-0.15, -0.1) is 0 Å². The number of aromatic hydroxyl groups is 1. The summed E-state index contributed by atoms with van der Waals surface area (Å²) in [6.07, 6.45) is -4.37. The summed E-state index contributed by atoms with van der Waals surface area (Å²) in [5.41, 5.74) is 0. The highest BCUT2D eigenvalue weighted by Gasteiger charge is 2.28. The first-order valence-corrected chi connectivity index (χ1v) is 3.37. The summed E-state index contributed by atoms with van der Waals surface area (Å²) in [4.78, 5) is 0. The van der Waals surface area contributed by atoms with Crippen molar-refractivity contribution in [2.24, 2.45) is 0 Å². The minimum atomic E-state index is -4.37. The second-order valence-corrected chi connectivity index (χ2v) is 2.33. The Bertz CT molecular complexity index is 283. The molecule has 0 aliphatic carbocycles. The Morgan fingerprint density at radius 3 is 2.62 bits per heavy atom. The number of ether oxygens (including phenoxy) is 1. The third-order valence-electron chi connectivity index (χ3n) is 1.15. The van der Waals surface area contributed by atoms with Crippen molar-refractivity contribution >= 4 is 0 Å². The van der Waals surface area contributed by atoms with Crippen LogP contribution in [-0.2, 0) is 0 Å². The van der Waals surface area contributed by atoms with E-state index in [4.69, 9.17) is 5.11 Å². The van der Waals surface area contributed by atoms with Gasteiger partial charge in [-0.05, 0) is 18.2 Å². The Labute approximate surface area is 72.6 Å². The van der Waals surface area contributed by atoms with Crippen molar-refractivity contribution in [3.8, 4) is 11.5 Å². The molecule has 0 spiro atoms. The van der Waals surface area contributed by atoms with Gasteiger partial charge in [0.05, 0.1) is 0 Å². The number of phenols is 1. The van der Waals surface area contributed by atoms with E-state index < -0.39 is 12.8 Å². The molecule has 0 unspecified atom stereocenters. The fraction of sp³-hybridized carbons (Fsp3) is 0.250. The van der Waals surface area contributed by atoms with E-state index in [-0.39, 0.29) is 11.5 Å². The molecule has 1 aromatic rings. The highest BCUT2D eigenvalue weighted by atomic mass is 19.4. The van der Waals surface area contributed by atoms with Gasteiger partial charge in [0.2, 0.25) is 0 Å². The molecule has 0 fully saturated rings. The molecule has 0 atom stereocenters. The zero-order chi connectivity index (χ0) is 9.90.